The summed E-state index contributed by atoms with van der Waals surface area (Å²) in [6.45, 7) is 4.48. The summed E-state index contributed by atoms with van der Waals surface area (Å²) >= 11 is 5.29. The Hall–Kier alpha value is 0.150. The molecule has 138 valence electrons. The van der Waals surface area contributed by atoms with E-state index in [2.05, 4.69) is 33.0 Å². The van der Waals surface area contributed by atoms with Crippen molar-refractivity contribution < 1.29 is 4.79 Å². The Balaban J connectivity index is 0.00000144. The molecule has 0 aromatic carbocycles. The van der Waals surface area contributed by atoms with Gasteiger partial charge >= 0.3 is 0 Å². The van der Waals surface area contributed by atoms with E-state index in [-0.39, 0.29) is 30.7 Å². The first kappa shape index (κ1) is 22.2. The van der Waals surface area contributed by atoms with E-state index in [1.54, 1.807) is 11.3 Å². The lowest BCUT2D eigenvalue weighted by atomic mass is 9.81. The molecular weight excluding hydrogens is 433 g/mol. The zero-order valence-corrected chi connectivity index (χ0v) is 17.7. The van der Waals surface area contributed by atoms with E-state index >= 15 is 0 Å². The van der Waals surface area contributed by atoms with E-state index < -0.39 is 5.54 Å². The van der Waals surface area contributed by atoms with Gasteiger partial charge in [0.25, 0.3) is 0 Å². The Morgan fingerprint density at radius 2 is 1.75 bits per heavy atom. The molecule has 0 bridgehead atoms. The van der Waals surface area contributed by atoms with Crippen molar-refractivity contribution in [3.05, 3.63) is 20.8 Å². The molecule has 1 saturated carbocycles. The first-order valence-corrected chi connectivity index (χ1v) is 9.73. The molecule has 1 aliphatic heterocycles. The smallest absolute Gasteiger partial charge is 0.242 e. The molecule has 4 nitrogen and oxygen atoms in total. The number of hydrogen-bond acceptors (Lipinski definition) is 4. The normalized spacial score (nSPS) is 20.8. The molecule has 1 saturated heterocycles. The molecule has 1 aromatic rings. The van der Waals surface area contributed by atoms with E-state index in [9.17, 15) is 4.79 Å². The largest absolute Gasteiger partial charge is 0.339 e. The Morgan fingerprint density at radius 1 is 1.12 bits per heavy atom. The maximum atomic E-state index is 12.7. The molecule has 1 aromatic heterocycles. The Morgan fingerprint density at radius 3 is 2.29 bits per heavy atom. The van der Waals surface area contributed by atoms with Gasteiger partial charge in [-0.1, -0.05) is 19.3 Å². The minimum absolute atomic E-state index is 0. The van der Waals surface area contributed by atoms with Crippen LogP contribution in [0.3, 0.4) is 0 Å². The first-order chi connectivity index (χ1) is 10.6. The zero-order chi connectivity index (χ0) is 15.6. The van der Waals surface area contributed by atoms with Crippen LogP contribution in [0.2, 0.25) is 0 Å². The summed E-state index contributed by atoms with van der Waals surface area (Å²) in [6, 6.07) is 4.27. The van der Waals surface area contributed by atoms with Crippen molar-refractivity contribution in [3.63, 3.8) is 0 Å². The van der Waals surface area contributed by atoms with Gasteiger partial charge in [-0.25, -0.2) is 0 Å². The molecular formula is C16H26BrCl2N3OS. The fraction of sp³-hybridized carbons (Fsp3) is 0.688. The summed E-state index contributed by atoms with van der Waals surface area (Å²) in [5.41, 5.74) is 5.80. The van der Waals surface area contributed by atoms with Crippen LogP contribution in [0, 0.1) is 0 Å². The van der Waals surface area contributed by atoms with E-state index in [4.69, 9.17) is 5.73 Å². The summed E-state index contributed by atoms with van der Waals surface area (Å²) in [5.74, 6) is 0.186. The van der Waals surface area contributed by atoms with Gasteiger partial charge in [-0.2, -0.15) is 0 Å². The third-order valence-corrected chi connectivity index (χ3v) is 6.45. The predicted molar refractivity (Wildman–Crippen MR) is 108 cm³/mol. The van der Waals surface area contributed by atoms with Gasteiger partial charge < -0.3 is 10.6 Å². The number of carbonyl (C=O) groups excluding carboxylic acids is 1. The number of halogens is 3. The zero-order valence-electron chi connectivity index (χ0n) is 13.7. The minimum atomic E-state index is -0.584. The molecule has 2 N–H and O–H groups in total. The van der Waals surface area contributed by atoms with Crippen molar-refractivity contribution in [2.75, 3.05) is 26.2 Å². The minimum Gasteiger partial charge on any atom is -0.339 e. The fourth-order valence-electron chi connectivity index (χ4n) is 3.48. The monoisotopic (exact) mass is 457 g/mol. The molecule has 2 heterocycles. The molecule has 0 atom stereocenters. The number of carbonyl (C=O) groups is 1. The van der Waals surface area contributed by atoms with Crippen molar-refractivity contribution in [1.29, 1.82) is 0 Å². The van der Waals surface area contributed by atoms with Crippen molar-refractivity contribution in [3.8, 4) is 0 Å². The lowest BCUT2D eigenvalue weighted by Gasteiger charge is -2.41. The summed E-state index contributed by atoms with van der Waals surface area (Å²) < 4.78 is 1.18. The van der Waals surface area contributed by atoms with E-state index in [0.717, 1.165) is 58.4 Å². The SMILES string of the molecule is Cl.Cl.NC1(C(=O)N2CCN(Cc3ccc(Br)s3)CC2)CCCCC1. The van der Waals surface area contributed by atoms with Gasteiger partial charge in [0.15, 0.2) is 0 Å². The van der Waals surface area contributed by atoms with Crippen LogP contribution in [-0.2, 0) is 11.3 Å². The molecule has 0 unspecified atom stereocenters. The predicted octanol–water partition coefficient (Wildman–Crippen LogP) is 3.66. The van der Waals surface area contributed by atoms with Crippen LogP contribution in [-0.4, -0.2) is 47.4 Å². The topological polar surface area (TPSA) is 49.6 Å². The maximum Gasteiger partial charge on any atom is 0.242 e. The highest BCUT2D eigenvalue weighted by Gasteiger charge is 2.39. The van der Waals surface area contributed by atoms with Crippen LogP contribution < -0.4 is 5.73 Å². The van der Waals surface area contributed by atoms with Gasteiger partial charge in [-0.3, -0.25) is 9.69 Å². The summed E-state index contributed by atoms with van der Waals surface area (Å²) in [7, 11) is 0. The van der Waals surface area contributed by atoms with Crippen LogP contribution in [0.1, 0.15) is 37.0 Å². The molecule has 1 aliphatic carbocycles. The standard InChI is InChI=1S/C16H24BrN3OS.2ClH/c17-14-5-4-13(22-14)12-19-8-10-20(11-9-19)15(21)16(18)6-2-1-3-7-16;;/h4-5H,1-3,6-12,18H2;2*1H. The molecule has 2 fully saturated rings. The number of nitrogens with zero attached hydrogens (tertiary/aromatic N) is 2. The fourth-order valence-corrected chi connectivity index (χ4v) is 5.00. The second-order valence-electron chi connectivity index (χ2n) is 6.49. The van der Waals surface area contributed by atoms with Crippen molar-refractivity contribution in [2.24, 2.45) is 5.73 Å². The van der Waals surface area contributed by atoms with Gasteiger partial charge in [0.05, 0.1) is 9.33 Å². The van der Waals surface area contributed by atoms with Crippen LogP contribution in [0.15, 0.2) is 15.9 Å². The Kier molecular flexibility index (Phi) is 9.01. The van der Waals surface area contributed by atoms with Gasteiger partial charge in [-0.15, -0.1) is 36.2 Å². The highest BCUT2D eigenvalue weighted by molar-refractivity contribution is 9.11. The second kappa shape index (κ2) is 9.74. The number of piperazine rings is 1. The van der Waals surface area contributed by atoms with E-state index in [1.165, 1.54) is 15.1 Å². The number of nitrogens with two attached hydrogens (primary N) is 1. The van der Waals surface area contributed by atoms with Crippen molar-refractivity contribution in [2.45, 2.75) is 44.2 Å². The van der Waals surface area contributed by atoms with Gasteiger partial charge in [0.1, 0.15) is 0 Å². The lowest BCUT2D eigenvalue weighted by molar-refractivity contribution is -0.140. The van der Waals surface area contributed by atoms with Crippen LogP contribution in [0.4, 0.5) is 0 Å². The molecule has 1 amide bonds. The number of thiophene rings is 1. The molecule has 2 aliphatic rings. The van der Waals surface area contributed by atoms with Crippen LogP contribution in [0.5, 0.6) is 0 Å². The van der Waals surface area contributed by atoms with E-state index in [0.29, 0.717) is 0 Å². The highest BCUT2D eigenvalue weighted by atomic mass is 79.9. The highest BCUT2D eigenvalue weighted by Crippen LogP contribution is 2.28. The quantitative estimate of drug-likeness (QED) is 0.751. The van der Waals surface area contributed by atoms with Crippen molar-refractivity contribution >= 4 is 58.0 Å². The summed E-state index contributed by atoms with van der Waals surface area (Å²) in [5, 5.41) is 0. The third-order valence-electron chi connectivity index (χ3n) is 4.84. The molecule has 3 rings (SSSR count). The summed E-state index contributed by atoms with van der Waals surface area (Å²) in [6.07, 6.45) is 5.12. The molecule has 0 spiro atoms. The number of hydrogen-bond donors (Lipinski definition) is 1. The lowest BCUT2D eigenvalue weighted by Crippen LogP contribution is -2.60. The average molecular weight is 459 g/mol. The number of amides is 1. The molecule has 24 heavy (non-hydrogen) atoms. The Labute approximate surface area is 169 Å². The van der Waals surface area contributed by atoms with Gasteiger partial charge in [0, 0.05) is 37.6 Å². The summed E-state index contributed by atoms with van der Waals surface area (Å²) in [4.78, 5) is 18.5. The third kappa shape index (κ3) is 5.32. The molecule has 8 heteroatoms. The maximum absolute atomic E-state index is 12.7. The average Bonchev–Trinajstić information content (AvgIpc) is 2.93. The van der Waals surface area contributed by atoms with Crippen LogP contribution >= 0.6 is 52.1 Å². The van der Waals surface area contributed by atoms with Crippen molar-refractivity contribution in [1.82, 2.24) is 9.80 Å². The second-order valence-corrected chi connectivity index (χ2v) is 9.04. The molecule has 0 radical (unpaired) electrons. The van der Waals surface area contributed by atoms with Gasteiger partial charge in [0.2, 0.25) is 5.91 Å². The Bertz CT molecular complexity index is 529. The van der Waals surface area contributed by atoms with E-state index in [1.807, 2.05) is 4.90 Å². The number of rotatable bonds is 3. The van der Waals surface area contributed by atoms with Crippen LogP contribution in [0.25, 0.3) is 0 Å². The first-order valence-electron chi connectivity index (χ1n) is 8.12. The van der Waals surface area contributed by atoms with Gasteiger partial charge in [-0.05, 0) is 40.9 Å².